The Balaban J connectivity index is 1.89. The molecule has 0 aliphatic carbocycles. The lowest BCUT2D eigenvalue weighted by Crippen LogP contribution is -2.28. The standard InChI is InChI=1S/C16H18ClNO2/c1-2-15(12-5-7-13(17)8-6-12)18-16(19)10-9-14-4-3-11-20-14/h3-8,11,15H,2,9-10H2,1H3,(H,18,19). The molecule has 0 aliphatic heterocycles. The van der Waals surface area contributed by atoms with E-state index in [9.17, 15) is 4.79 Å². The van der Waals surface area contributed by atoms with Gasteiger partial charge < -0.3 is 9.73 Å². The number of hydrogen-bond donors (Lipinski definition) is 1. The Morgan fingerprint density at radius 2 is 2.05 bits per heavy atom. The molecule has 0 saturated heterocycles. The van der Waals surface area contributed by atoms with Crippen molar-refractivity contribution >= 4 is 17.5 Å². The fourth-order valence-corrected chi connectivity index (χ4v) is 2.20. The van der Waals surface area contributed by atoms with Gasteiger partial charge in [-0.1, -0.05) is 30.7 Å². The van der Waals surface area contributed by atoms with Gasteiger partial charge in [-0.3, -0.25) is 4.79 Å². The molecule has 1 aromatic carbocycles. The number of halogens is 1. The molecule has 0 fully saturated rings. The Labute approximate surface area is 123 Å². The summed E-state index contributed by atoms with van der Waals surface area (Å²) in [6.45, 7) is 2.05. The van der Waals surface area contributed by atoms with Gasteiger partial charge in [0.2, 0.25) is 5.91 Å². The number of aryl methyl sites for hydroxylation is 1. The van der Waals surface area contributed by atoms with E-state index in [1.165, 1.54) is 0 Å². The number of furan rings is 1. The monoisotopic (exact) mass is 291 g/mol. The SMILES string of the molecule is CCC(NC(=O)CCc1ccco1)c1ccc(Cl)cc1. The van der Waals surface area contributed by atoms with Crippen molar-refractivity contribution in [1.29, 1.82) is 0 Å². The normalized spacial score (nSPS) is 12.1. The van der Waals surface area contributed by atoms with Crippen molar-refractivity contribution in [2.75, 3.05) is 0 Å². The maximum absolute atomic E-state index is 12.0. The summed E-state index contributed by atoms with van der Waals surface area (Å²) in [5.74, 6) is 0.864. The Kier molecular flexibility index (Phi) is 5.24. The Bertz CT molecular complexity index is 534. The van der Waals surface area contributed by atoms with Gasteiger partial charge in [-0.25, -0.2) is 0 Å². The molecule has 0 saturated carbocycles. The fraction of sp³-hybridized carbons (Fsp3) is 0.312. The van der Waals surface area contributed by atoms with Crippen LogP contribution < -0.4 is 5.32 Å². The number of nitrogens with one attached hydrogen (secondary N) is 1. The highest BCUT2D eigenvalue weighted by Gasteiger charge is 2.13. The predicted octanol–water partition coefficient (Wildman–Crippen LogP) is 4.13. The molecule has 3 nitrogen and oxygen atoms in total. The number of rotatable bonds is 6. The lowest BCUT2D eigenvalue weighted by Gasteiger charge is -2.17. The molecular weight excluding hydrogens is 274 g/mol. The Hall–Kier alpha value is -1.74. The number of hydrogen-bond acceptors (Lipinski definition) is 2. The topological polar surface area (TPSA) is 42.2 Å². The van der Waals surface area contributed by atoms with Crippen LogP contribution in [0.25, 0.3) is 0 Å². The van der Waals surface area contributed by atoms with Gasteiger partial charge in [0.05, 0.1) is 12.3 Å². The molecule has 4 heteroatoms. The van der Waals surface area contributed by atoms with Crippen molar-refractivity contribution in [3.63, 3.8) is 0 Å². The second kappa shape index (κ2) is 7.15. The highest BCUT2D eigenvalue weighted by molar-refractivity contribution is 6.30. The fourth-order valence-electron chi connectivity index (χ4n) is 2.07. The average Bonchev–Trinajstić information content (AvgIpc) is 2.97. The van der Waals surface area contributed by atoms with Crippen LogP contribution in [0.2, 0.25) is 5.02 Å². The summed E-state index contributed by atoms with van der Waals surface area (Å²) in [6, 6.07) is 11.3. The third-order valence-electron chi connectivity index (χ3n) is 3.19. The van der Waals surface area contributed by atoms with E-state index in [0.717, 1.165) is 17.7 Å². The molecule has 0 spiro atoms. The van der Waals surface area contributed by atoms with Crippen LogP contribution in [0.4, 0.5) is 0 Å². The zero-order valence-corrected chi connectivity index (χ0v) is 12.2. The average molecular weight is 292 g/mol. The minimum Gasteiger partial charge on any atom is -0.469 e. The molecular formula is C16H18ClNO2. The summed E-state index contributed by atoms with van der Waals surface area (Å²) in [6.07, 6.45) is 3.51. The van der Waals surface area contributed by atoms with Gasteiger partial charge in [0.25, 0.3) is 0 Å². The Morgan fingerprint density at radius 1 is 1.30 bits per heavy atom. The van der Waals surface area contributed by atoms with Crippen molar-refractivity contribution < 1.29 is 9.21 Å². The summed E-state index contributed by atoms with van der Waals surface area (Å²) in [4.78, 5) is 12.0. The van der Waals surface area contributed by atoms with E-state index in [0.29, 0.717) is 17.9 Å². The molecule has 20 heavy (non-hydrogen) atoms. The molecule has 0 radical (unpaired) electrons. The lowest BCUT2D eigenvalue weighted by molar-refractivity contribution is -0.121. The van der Waals surface area contributed by atoms with Crippen LogP contribution in [0.1, 0.15) is 37.1 Å². The van der Waals surface area contributed by atoms with Crippen molar-refractivity contribution in [3.05, 3.63) is 59.0 Å². The summed E-state index contributed by atoms with van der Waals surface area (Å²) < 4.78 is 5.22. The largest absolute Gasteiger partial charge is 0.469 e. The summed E-state index contributed by atoms with van der Waals surface area (Å²) in [5.41, 5.74) is 1.07. The smallest absolute Gasteiger partial charge is 0.220 e. The minimum absolute atomic E-state index is 0.0244. The van der Waals surface area contributed by atoms with E-state index in [1.807, 2.05) is 43.3 Å². The van der Waals surface area contributed by atoms with Crippen LogP contribution >= 0.6 is 11.6 Å². The summed E-state index contributed by atoms with van der Waals surface area (Å²) >= 11 is 5.87. The van der Waals surface area contributed by atoms with E-state index in [4.69, 9.17) is 16.0 Å². The summed E-state index contributed by atoms with van der Waals surface area (Å²) in [7, 11) is 0. The second-order valence-corrected chi connectivity index (χ2v) is 5.10. The van der Waals surface area contributed by atoms with E-state index < -0.39 is 0 Å². The van der Waals surface area contributed by atoms with Crippen molar-refractivity contribution in [2.24, 2.45) is 0 Å². The lowest BCUT2D eigenvalue weighted by atomic mass is 10.0. The third kappa shape index (κ3) is 4.14. The van der Waals surface area contributed by atoms with Crippen molar-refractivity contribution in [1.82, 2.24) is 5.32 Å². The van der Waals surface area contributed by atoms with Gasteiger partial charge in [0.1, 0.15) is 5.76 Å². The van der Waals surface area contributed by atoms with E-state index in [-0.39, 0.29) is 11.9 Å². The molecule has 1 unspecified atom stereocenters. The van der Waals surface area contributed by atoms with E-state index in [2.05, 4.69) is 5.32 Å². The maximum atomic E-state index is 12.0. The van der Waals surface area contributed by atoms with Crippen LogP contribution in [-0.4, -0.2) is 5.91 Å². The molecule has 1 N–H and O–H groups in total. The number of amides is 1. The first-order valence-corrected chi connectivity index (χ1v) is 7.14. The molecule has 1 atom stereocenters. The number of benzene rings is 1. The second-order valence-electron chi connectivity index (χ2n) is 4.66. The molecule has 0 aliphatic rings. The molecule has 1 heterocycles. The number of carbonyl (C=O) groups excluding carboxylic acids is 1. The highest BCUT2D eigenvalue weighted by Crippen LogP contribution is 2.19. The minimum atomic E-state index is 0.0244. The van der Waals surface area contributed by atoms with Gasteiger partial charge >= 0.3 is 0 Å². The first-order chi connectivity index (χ1) is 9.69. The van der Waals surface area contributed by atoms with Crippen LogP contribution in [0.3, 0.4) is 0 Å². The summed E-state index contributed by atoms with van der Waals surface area (Å²) in [5, 5.41) is 3.74. The quantitative estimate of drug-likeness (QED) is 0.869. The van der Waals surface area contributed by atoms with Crippen LogP contribution in [0.15, 0.2) is 47.1 Å². The van der Waals surface area contributed by atoms with Gasteiger partial charge in [-0.15, -0.1) is 0 Å². The van der Waals surface area contributed by atoms with E-state index in [1.54, 1.807) is 6.26 Å². The van der Waals surface area contributed by atoms with E-state index >= 15 is 0 Å². The van der Waals surface area contributed by atoms with Gasteiger partial charge in [-0.05, 0) is 36.2 Å². The maximum Gasteiger partial charge on any atom is 0.220 e. The Morgan fingerprint density at radius 3 is 2.65 bits per heavy atom. The van der Waals surface area contributed by atoms with Crippen LogP contribution in [0.5, 0.6) is 0 Å². The number of carbonyl (C=O) groups is 1. The van der Waals surface area contributed by atoms with Crippen molar-refractivity contribution in [2.45, 2.75) is 32.2 Å². The zero-order valence-electron chi connectivity index (χ0n) is 11.4. The van der Waals surface area contributed by atoms with Gasteiger partial charge in [0.15, 0.2) is 0 Å². The van der Waals surface area contributed by atoms with Crippen molar-refractivity contribution in [3.8, 4) is 0 Å². The predicted molar refractivity (Wildman–Crippen MR) is 79.7 cm³/mol. The molecule has 1 aromatic heterocycles. The molecule has 1 amide bonds. The van der Waals surface area contributed by atoms with Crippen LogP contribution in [0, 0.1) is 0 Å². The molecule has 0 bridgehead atoms. The van der Waals surface area contributed by atoms with Gasteiger partial charge in [0, 0.05) is 17.9 Å². The highest BCUT2D eigenvalue weighted by atomic mass is 35.5. The third-order valence-corrected chi connectivity index (χ3v) is 3.45. The molecule has 2 rings (SSSR count). The zero-order chi connectivity index (χ0) is 14.4. The first kappa shape index (κ1) is 14.7. The molecule has 2 aromatic rings. The van der Waals surface area contributed by atoms with Gasteiger partial charge in [-0.2, -0.15) is 0 Å². The van der Waals surface area contributed by atoms with Crippen LogP contribution in [-0.2, 0) is 11.2 Å². The first-order valence-electron chi connectivity index (χ1n) is 6.76. The molecule has 106 valence electrons.